The van der Waals surface area contributed by atoms with Crippen molar-refractivity contribution in [2.24, 2.45) is 0 Å². The predicted molar refractivity (Wildman–Crippen MR) is 64.9 cm³/mol. The van der Waals surface area contributed by atoms with Crippen molar-refractivity contribution in [3.63, 3.8) is 0 Å². The molecule has 17 heavy (non-hydrogen) atoms. The van der Waals surface area contributed by atoms with Crippen LogP contribution in [0.5, 0.6) is 0 Å². The van der Waals surface area contributed by atoms with Crippen LogP contribution < -0.4 is 0 Å². The quantitative estimate of drug-likeness (QED) is 0.768. The summed E-state index contributed by atoms with van der Waals surface area (Å²) in [5, 5.41) is 0. The van der Waals surface area contributed by atoms with E-state index in [9.17, 15) is 12.8 Å². The van der Waals surface area contributed by atoms with Crippen molar-refractivity contribution >= 4 is 9.84 Å². The van der Waals surface area contributed by atoms with Crippen LogP contribution in [0.2, 0.25) is 0 Å². The molecular weight excluding hydrogens is 239 g/mol. The average molecular weight is 250 g/mol. The topological polar surface area (TPSA) is 34.1 Å². The minimum atomic E-state index is -3.32. The zero-order chi connectivity index (χ0) is 12.5. The molecule has 2 rings (SSSR count). The molecule has 2 aromatic carbocycles. The molecule has 2 aromatic rings. The lowest BCUT2D eigenvalue weighted by molar-refractivity contribution is 0.600. The minimum Gasteiger partial charge on any atom is -0.224 e. The second-order valence-electron chi connectivity index (χ2n) is 3.78. The van der Waals surface area contributed by atoms with Crippen LogP contribution >= 0.6 is 0 Å². The Bertz CT molecular complexity index is 634. The monoisotopic (exact) mass is 250 g/mol. The number of sulfone groups is 1. The SMILES string of the molecule is CS(=O)(=O)c1ccc(F)c(-c2ccccc2)c1. The highest BCUT2D eigenvalue weighted by Gasteiger charge is 2.11. The summed E-state index contributed by atoms with van der Waals surface area (Å²) in [5.74, 6) is -0.427. The molecule has 0 aliphatic heterocycles. The van der Waals surface area contributed by atoms with E-state index >= 15 is 0 Å². The third-order valence-electron chi connectivity index (χ3n) is 2.45. The molecule has 0 aliphatic carbocycles. The summed E-state index contributed by atoms with van der Waals surface area (Å²) in [6.07, 6.45) is 1.11. The molecule has 2 nitrogen and oxygen atoms in total. The molecule has 4 heteroatoms. The van der Waals surface area contributed by atoms with Crippen LogP contribution in [0.15, 0.2) is 53.4 Å². The Hall–Kier alpha value is -1.68. The van der Waals surface area contributed by atoms with Gasteiger partial charge in [-0.3, -0.25) is 0 Å². The van der Waals surface area contributed by atoms with Crippen LogP contribution in [0.4, 0.5) is 4.39 Å². The molecule has 0 unspecified atom stereocenters. The summed E-state index contributed by atoms with van der Waals surface area (Å²) in [5.41, 5.74) is 0.962. The Morgan fingerprint density at radius 2 is 1.65 bits per heavy atom. The van der Waals surface area contributed by atoms with E-state index in [-0.39, 0.29) is 4.90 Å². The lowest BCUT2D eigenvalue weighted by atomic mass is 10.1. The van der Waals surface area contributed by atoms with Gasteiger partial charge in [-0.2, -0.15) is 0 Å². The molecule has 0 bridgehead atoms. The molecule has 88 valence electrons. The van der Waals surface area contributed by atoms with Crippen LogP contribution in [0, 0.1) is 5.82 Å². The van der Waals surface area contributed by atoms with Crippen LogP contribution in [0.1, 0.15) is 0 Å². The highest BCUT2D eigenvalue weighted by atomic mass is 32.2. The average Bonchev–Trinajstić information content (AvgIpc) is 2.29. The van der Waals surface area contributed by atoms with Gasteiger partial charge in [-0.05, 0) is 23.8 Å². The molecule has 0 heterocycles. The van der Waals surface area contributed by atoms with E-state index in [2.05, 4.69) is 0 Å². The van der Waals surface area contributed by atoms with Crippen LogP contribution in [-0.2, 0) is 9.84 Å². The number of rotatable bonds is 2. The van der Waals surface area contributed by atoms with Crippen molar-refractivity contribution in [2.75, 3.05) is 6.26 Å². The molecule has 0 amide bonds. The van der Waals surface area contributed by atoms with Gasteiger partial charge in [-0.25, -0.2) is 12.8 Å². The summed E-state index contributed by atoms with van der Waals surface area (Å²) in [6.45, 7) is 0. The van der Waals surface area contributed by atoms with Gasteiger partial charge in [0.1, 0.15) is 5.82 Å². The van der Waals surface area contributed by atoms with Crippen LogP contribution in [0.25, 0.3) is 11.1 Å². The van der Waals surface area contributed by atoms with E-state index in [4.69, 9.17) is 0 Å². The molecule has 0 atom stereocenters. The fourth-order valence-corrected chi connectivity index (χ4v) is 2.22. The van der Waals surface area contributed by atoms with Gasteiger partial charge < -0.3 is 0 Å². The van der Waals surface area contributed by atoms with Crippen LogP contribution in [0.3, 0.4) is 0 Å². The van der Waals surface area contributed by atoms with Gasteiger partial charge in [0.05, 0.1) is 4.90 Å². The summed E-state index contributed by atoms with van der Waals surface area (Å²) in [7, 11) is -3.32. The van der Waals surface area contributed by atoms with E-state index in [1.165, 1.54) is 18.2 Å². The largest absolute Gasteiger partial charge is 0.224 e. The summed E-state index contributed by atoms with van der Waals surface area (Å²) < 4.78 is 36.5. The minimum absolute atomic E-state index is 0.123. The number of hydrogen-bond acceptors (Lipinski definition) is 2. The Balaban J connectivity index is 2.63. The molecule has 0 saturated carbocycles. The number of benzene rings is 2. The van der Waals surface area contributed by atoms with E-state index in [1.807, 2.05) is 6.07 Å². The maximum atomic E-state index is 13.6. The van der Waals surface area contributed by atoms with Gasteiger partial charge in [0.15, 0.2) is 9.84 Å². The molecule has 0 fully saturated rings. The van der Waals surface area contributed by atoms with E-state index in [0.29, 0.717) is 11.1 Å². The second kappa shape index (κ2) is 4.30. The summed E-state index contributed by atoms with van der Waals surface area (Å²) in [4.78, 5) is 0.123. The Kier molecular flexibility index (Phi) is 2.98. The number of halogens is 1. The van der Waals surface area contributed by atoms with Crippen LogP contribution in [-0.4, -0.2) is 14.7 Å². The predicted octanol–water partition coefficient (Wildman–Crippen LogP) is 2.90. The van der Waals surface area contributed by atoms with Crippen molar-refractivity contribution in [3.8, 4) is 11.1 Å². The van der Waals surface area contributed by atoms with Gasteiger partial charge in [0.25, 0.3) is 0 Å². The lowest BCUT2D eigenvalue weighted by Gasteiger charge is -2.05. The second-order valence-corrected chi connectivity index (χ2v) is 5.80. The first-order valence-electron chi connectivity index (χ1n) is 5.03. The molecule has 0 aliphatic rings. The third kappa shape index (κ3) is 2.53. The van der Waals surface area contributed by atoms with Crippen molar-refractivity contribution < 1.29 is 12.8 Å². The zero-order valence-corrected chi connectivity index (χ0v) is 10.0. The Labute approximate surface area is 99.6 Å². The maximum absolute atomic E-state index is 13.6. The van der Waals surface area contributed by atoms with Crippen molar-refractivity contribution in [1.29, 1.82) is 0 Å². The molecule has 0 aromatic heterocycles. The fraction of sp³-hybridized carbons (Fsp3) is 0.0769. The van der Waals surface area contributed by atoms with Crippen molar-refractivity contribution in [3.05, 3.63) is 54.3 Å². The molecule has 0 spiro atoms. The van der Waals surface area contributed by atoms with Gasteiger partial charge in [0.2, 0.25) is 0 Å². The summed E-state index contributed by atoms with van der Waals surface area (Å²) >= 11 is 0. The van der Waals surface area contributed by atoms with E-state index in [1.54, 1.807) is 24.3 Å². The normalized spacial score (nSPS) is 11.4. The third-order valence-corrected chi connectivity index (χ3v) is 3.56. The van der Waals surface area contributed by atoms with E-state index in [0.717, 1.165) is 6.26 Å². The van der Waals surface area contributed by atoms with Gasteiger partial charge >= 0.3 is 0 Å². The molecule has 0 saturated heterocycles. The standard InChI is InChI=1S/C13H11FO2S/c1-17(15,16)11-7-8-13(14)12(9-11)10-5-3-2-4-6-10/h2-9H,1H3. The fourth-order valence-electron chi connectivity index (χ4n) is 1.57. The lowest BCUT2D eigenvalue weighted by Crippen LogP contribution is -1.98. The first-order chi connectivity index (χ1) is 7.98. The number of hydrogen-bond donors (Lipinski definition) is 0. The first-order valence-corrected chi connectivity index (χ1v) is 6.92. The Morgan fingerprint density at radius 1 is 1.00 bits per heavy atom. The molecule has 0 N–H and O–H groups in total. The zero-order valence-electron chi connectivity index (χ0n) is 9.22. The van der Waals surface area contributed by atoms with Gasteiger partial charge in [-0.15, -0.1) is 0 Å². The summed E-state index contributed by atoms with van der Waals surface area (Å²) in [6, 6.07) is 12.7. The maximum Gasteiger partial charge on any atom is 0.175 e. The van der Waals surface area contributed by atoms with E-state index < -0.39 is 15.7 Å². The molecule has 0 radical (unpaired) electrons. The van der Waals surface area contributed by atoms with Gasteiger partial charge in [0, 0.05) is 11.8 Å². The molecular formula is C13H11FO2S. The highest BCUT2D eigenvalue weighted by Crippen LogP contribution is 2.25. The Morgan fingerprint density at radius 3 is 2.24 bits per heavy atom. The van der Waals surface area contributed by atoms with Crippen molar-refractivity contribution in [2.45, 2.75) is 4.90 Å². The smallest absolute Gasteiger partial charge is 0.175 e. The van der Waals surface area contributed by atoms with Crippen molar-refractivity contribution in [1.82, 2.24) is 0 Å². The van der Waals surface area contributed by atoms with Gasteiger partial charge in [-0.1, -0.05) is 30.3 Å². The first kappa shape index (κ1) is 11.8. The highest BCUT2D eigenvalue weighted by molar-refractivity contribution is 7.90.